The molecule has 272 valence electrons. The Morgan fingerprint density at radius 3 is 1.57 bits per heavy atom. The molecule has 4 heteroatoms. The van der Waals surface area contributed by atoms with Gasteiger partial charge in [-0.15, -0.1) is 0 Å². The molecule has 0 atom stereocenters. The first-order valence-corrected chi connectivity index (χ1v) is 20.4. The molecule has 4 fully saturated rings. The summed E-state index contributed by atoms with van der Waals surface area (Å²) in [4.78, 5) is 4.75. The second-order valence-electron chi connectivity index (χ2n) is 16.9. The van der Waals surface area contributed by atoms with Gasteiger partial charge in [0.05, 0.1) is 22.4 Å². The lowest BCUT2D eigenvalue weighted by Crippen LogP contribution is -2.48. The van der Waals surface area contributed by atoms with Crippen LogP contribution in [0.3, 0.4) is 0 Å². The van der Waals surface area contributed by atoms with Crippen LogP contribution in [0.2, 0.25) is 0 Å². The molecule has 4 nitrogen and oxygen atoms in total. The Balaban J connectivity index is 0.981. The number of para-hydroxylation sites is 6. The fourth-order valence-electron chi connectivity index (χ4n) is 11.6. The van der Waals surface area contributed by atoms with Crippen molar-refractivity contribution in [2.45, 2.75) is 43.9 Å². The van der Waals surface area contributed by atoms with E-state index in [-0.39, 0.29) is 0 Å². The predicted octanol–water partition coefficient (Wildman–Crippen LogP) is 14.3. The van der Waals surface area contributed by atoms with E-state index in [9.17, 15) is 0 Å². The van der Waals surface area contributed by atoms with Crippen molar-refractivity contribution in [3.05, 3.63) is 175 Å². The van der Waals surface area contributed by atoms with E-state index in [2.05, 4.69) is 160 Å². The molecule has 13 rings (SSSR count). The minimum atomic E-state index is 0.362. The maximum atomic E-state index is 6.34. The van der Waals surface area contributed by atoms with E-state index in [0.29, 0.717) is 5.41 Å². The number of hydrogen-bond donors (Lipinski definition) is 0. The van der Waals surface area contributed by atoms with Gasteiger partial charge in [0.2, 0.25) is 0 Å². The fourth-order valence-corrected chi connectivity index (χ4v) is 11.6. The van der Waals surface area contributed by atoms with Gasteiger partial charge in [0.25, 0.3) is 0 Å². The highest BCUT2D eigenvalue weighted by atomic mass is 16.5. The average Bonchev–Trinajstić information content (AvgIpc) is 3.58. The monoisotopic (exact) mass is 725 g/mol. The molecule has 8 aromatic rings. The molecule has 0 spiro atoms. The van der Waals surface area contributed by atoms with E-state index in [1.54, 1.807) is 5.56 Å². The van der Waals surface area contributed by atoms with Gasteiger partial charge in [0.1, 0.15) is 0 Å². The SMILES string of the molecule is c1cc(N(c2ccc(N3c4ccccc4Oc4ccccc43)cc2)c2ccc(C34CC5CC(CC(C5)C3)C4)cc2)cc(-n2c3ccccc3c3ccccc32)c1. The quantitative estimate of drug-likeness (QED) is 0.170. The summed E-state index contributed by atoms with van der Waals surface area (Å²) in [6, 6.07) is 62.0. The first-order valence-electron chi connectivity index (χ1n) is 20.4. The van der Waals surface area contributed by atoms with Crippen LogP contribution in [0.4, 0.5) is 34.1 Å². The lowest BCUT2D eigenvalue weighted by molar-refractivity contribution is -0.00518. The number of benzene rings is 7. The first kappa shape index (κ1) is 32.0. The zero-order valence-electron chi connectivity index (χ0n) is 31.4. The van der Waals surface area contributed by atoms with Crippen molar-refractivity contribution in [3.8, 4) is 17.2 Å². The summed E-state index contributed by atoms with van der Waals surface area (Å²) < 4.78 is 8.75. The van der Waals surface area contributed by atoms with E-state index >= 15 is 0 Å². The first-order chi connectivity index (χ1) is 27.7. The normalized spacial score (nSPS) is 21.9. The van der Waals surface area contributed by atoms with E-state index < -0.39 is 0 Å². The largest absolute Gasteiger partial charge is 0.453 e. The number of hydrogen-bond acceptors (Lipinski definition) is 3. The summed E-state index contributed by atoms with van der Waals surface area (Å²) >= 11 is 0. The van der Waals surface area contributed by atoms with Crippen LogP contribution in [-0.2, 0) is 5.41 Å². The summed E-state index contributed by atoms with van der Waals surface area (Å²) in [5, 5.41) is 2.54. The van der Waals surface area contributed by atoms with Gasteiger partial charge < -0.3 is 19.1 Å². The van der Waals surface area contributed by atoms with Crippen LogP contribution in [0.25, 0.3) is 27.5 Å². The molecule has 0 amide bonds. The molecule has 56 heavy (non-hydrogen) atoms. The third-order valence-corrected chi connectivity index (χ3v) is 13.5. The molecule has 2 heterocycles. The maximum absolute atomic E-state index is 6.34. The third-order valence-electron chi connectivity index (χ3n) is 13.5. The van der Waals surface area contributed by atoms with Crippen molar-refractivity contribution in [2.24, 2.45) is 17.8 Å². The Morgan fingerprint density at radius 1 is 0.464 bits per heavy atom. The summed E-state index contributed by atoms with van der Waals surface area (Å²) in [6.45, 7) is 0. The summed E-state index contributed by atoms with van der Waals surface area (Å²) in [5.41, 5.74) is 12.1. The molecule has 1 aromatic heterocycles. The minimum absolute atomic E-state index is 0.362. The number of anilines is 6. The second-order valence-corrected chi connectivity index (χ2v) is 16.9. The van der Waals surface area contributed by atoms with Gasteiger partial charge in [-0.2, -0.15) is 0 Å². The van der Waals surface area contributed by atoms with Crippen LogP contribution in [0.1, 0.15) is 44.1 Å². The second kappa shape index (κ2) is 12.4. The maximum Gasteiger partial charge on any atom is 0.151 e. The molecule has 0 N–H and O–H groups in total. The van der Waals surface area contributed by atoms with E-state index in [4.69, 9.17) is 4.74 Å². The summed E-state index contributed by atoms with van der Waals surface area (Å²) in [6.07, 6.45) is 8.51. The molecule has 0 radical (unpaired) electrons. The Morgan fingerprint density at radius 2 is 0.982 bits per heavy atom. The van der Waals surface area contributed by atoms with Crippen LogP contribution in [-0.4, -0.2) is 4.57 Å². The summed E-state index contributed by atoms with van der Waals surface area (Å²) in [7, 11) is 0. The molecule has 5 aliphatic rings. The number of aromatic nitrogens is 1. The third kappa shape index (κ3) is 4.98. The van der Waals surface area contributed by atoms with Crippen LogP contribution in [0.5, 0.6) is 11.5 Å². The van der Waals surface area contributed by atoms with Gasteiger partial charge in [-0.3, -0.25) is 0 Å². The fraction of sp³-hybridized carbons (Fsp3) is 0.192. The van der Waals surface area contributed by atoms with Gasteiger partial charge in [-0.1, -0.05) is 78.9 Å². The van der Waals surface area contributed by atoms with Crippen LogP contribution in [0.15, 0.2) is 170 Å². The highest BCUT2D eigenvalue weighted by Gasteiger charge is 2.51. The molecule has 7 aromatic carbocycles. The van der Waals surface area contributed by atoms with Gasteiger partial charge in [0, 0.05) is 39.2 Å². The van der Waals surface area contributed by atoms with E-state index in [1.807, 2.05) is 24.3 Å². The van der Waals surface area contributed by atoms with Crippen molar-refractivity contribution >= 4 is 55.9 Å². The molecule has 4 bridgehead atoms. The zero-order chi connectivity index (χ0) is 36.8. The van der Waals surface area contributed by atoms with Crippen LogP contribution < -0.4 is 14.5 Å². The van der Waals surface area contributed by atoms with Crippen LogP contribution in [0, 0.1) is 17.8 Å². The Bertz CT molecular complexity index is 2650. The van der Waals surface area contributed by atoms with Gasteiger partial charge >= 0.3 is 0 Å². The number of fused-ring (bicyclic) bond motifs is 5. The van der Waals surface area contributed by atoms with Gasteiger partial charge in [-0.25, -0.2) is 0 Å². The molecule has 0 saturated heterocycles. The van der Waals surface area contributed by atoms with Crippen molar-refractivity contribution in [3.63, 3.8) is 0 Å². The average molecular weight is 726 g/mol. The van der Waals surface area contributed by atoms with Crippen LogP contribution >= 0.6 is 0 Å². The van der Waals surface area contributed by atoms with E-state index in [0.717, 1.165) is 63.4 Å². The molecular formula is C52H43N3O. The number of nitrogens with zero attached hydrogens (tertiary/aromatic N) is 3. The summed E-state index contributed by atoms with van der Waals surface area (Å²) in [5.74, 6) is 4.48. The van der Waals surface area contributed by atoms with Crippen molar-refractivity contribution in [2.75, 3.05) is 9.80 Å². The molecular weight excluding hydrogens is 683 g/mol. The van der Waals surface area contributed by atoms with Crippen molar-refractivity contribution in [1.82, 2.24) is 4.57 Å². The zero-order valence-corrected chi connectivity index (χ0v) is 31.4. The lowest BCUT2D eigenvalue weighted by Gasteiger charge is -2.57. The Hall–Kier alpha value is -6.26. The number of rotatable bonds is 6. The highest BCUT2D eigenvalue weighted by molar-refractivity contribution is 6.09. The lowest BCUT2D eigenvalue weighted by atomic mass is 9.48. The molecule has 4 aliphatic carbocycles. The number of ether oxygens (including phenoxy) is 1. The predicted molar refractivity (Wildman–Crippen MR) is 230 cm³/mol. The molecule has 1 aliphatic heterocycles. The standard InChI is InChI=1S/C52H43N3O/c1-3-14-46-44(12-1)45-13-2-4-15-47(45)55(46)43-11-9-10-42(31-43)53(39-22-20-38(21-23-39)52-32-35-28-36(33-52)30-37(29-35)34-52)40-24-26-41(27-25-40)54-48-16-5-7-18-50(48)56-51-19-8-6-17-49(51)54/h1-27,31,35-37H,28-30,32-34H2. The topological polar surface area (TPSA) is 20.6 Å². The minimum Gasteiger partial charge on any atom is -0.453 e. The van der Waals surface area contributed by atoms with Crippen molar-refractivity contribution in [1.29, 1.82) is 0 Å². The van der Waals surface area contributed by atoms with Gasteiger partial charge in [0.15, 0.2) is 11.5 Å². The van der Waals surface area contributed by atoms with E-state index in [1.165, 1.54) is 66.0 Å². The molecule has 0 unspecified atom stereocenters. The highest BCUT2D eigenvalue weighted by Crippen LogP contribution is 2.61. The Labute approximate surface area is 328 Å². The van der Waals surface area contributed by atoms with Crippen molar-refractivity contribution < 1.29 is 4.74 Å². The smallest absolute Gasteiger partial charge is 0.151 e. The Kier molecular flexibility index (Phi) is 7.08. The van der Waals surface area contributed by atoms with Gasteiger partial charge in [-0.05, 0) is 158 Å². The molecule has 4 saturated carbocycles.